The van der Waals surface area contributed by atoms with Gasteiger partial charge in [-0.3, -0.25) is 14.6 Å². The fraction of sp³-hybridized carbons (Fsp3) is 0.182. The second kappa shape index (κ2) is 8.00. The molecule has 142 valence electrons. The molecule has 0 aliphatic rings. The monoisotopic (exact) mass is 376 g/mol. The van der Waals surface area contributed by atoms with Crippen molar-refractivity contribution in [3.05, 3.63) is 71.4 Å². The number of aryl methyl sites for hydroxylation is 1. The lowest BCUT2D eigenvalue weighted by atomic mass is 10.1. The Morgan fingerprint density at radius 2 is 1.79 bits per heavy atom. The summed E-state index contributed by atoms with van der Waals surface area (Å²) in [6.45, 7) is 4.74. The molecular weight excluding hydrogens is 356 g/mol. The molecule has 0 fully saturated rings. The first-order valence-electron chi connectivity index (χ1n) is 8.84. The number of amides is 1. The predicted octanol–water partition coefficient (Wildman–Crippen LogP) is 3.93. The Hall–Kier alpha value is -3.54. The number of rotatable bonds is 5. The number of para-hydroxylation sites is 1. The van der Waals surface area contributed by atoms with Gasteiger partial charge in [-0.15, -0.1) is 0 Å². The number of nitrogens with one attached hydrogen (secondary N) is 1. The van der Waals surface area contributed by atoms with Crippen LogP contribution >= 0.6 is 0 Å². The zero-order valence-corrected chi connectivity index (χ0v) is 15.9. The van der Waals surface area contributed by atoms with Crippen molar-refractivity contribution in [1.29, 1.82) is 0 Å². The van der Waals surface area contributed by atoms with Crippen LogP contribution in [0.15, 0.2) is 54.6 Å². The van der Waals surface area contributed by atoms with Gasteiger partial charge in [0, 0.05) is 22.3 Å². The first-order chi connectivity index (χ1) is 13.3. The lowest BCUT2D eigenvalue weighted by molar-refractivity contribution is -0.123. The highest BCUT2D eigenvalue weighted by Gasteiger charge is 2.21. The Labute approximate surface area is 162 Å². The molecule has 1 amide bonds. The zero-order chi connectivity index (χ0) is 20.3. The Morgan fingerprint density at radius 3 is 2.54 bits per heavy atom. The largest absolute Gasteiger partial charge is 0.449 e. The quantitative estimate of drug-likeness (QED) is 0.539. The summed E-state index contributed by atoms with van der Waals surface area (Å²) in [7, 11) is 0. The van der Waals surface area contributed by atoms with E-state index in [4.69, 9.17) is 4.74 Å². The van der Waals surface area contributed by atoms with Gasteiger partial charge in [-0.25, -0.2) is 4.79 Å². The maximum Gasteiger partial charge on any atom is 0.339 e. The van der Waals surface area contributed by atoms with Gasteiger partial charge in [-0.2, -0.15) is 0 Å². The number of pyridine rings is 1. The first kappa shape index (κ1) is 19.2. The maximum absolute atomic E-state index is 12.6. The van der Waals surface area contributed by atoms with E-state index < -0.39 is 18.0 Å². The van der Waals surface area contributed by atoms with Crippen molar-refractivity contribution >= 4 is 34.3 Å². The molecule has 28 heavy (non-hydrogen) atoms. The average Bonchev–Trinajstić information content (AvgIpc) is 2.67. The van der Waals surface area contributed by atoms with Gasteiger partial charge in [0.05, 0.1) is 11.1 Å². The number of benzene rings is 2. The van der Waals surface area contributed by atoms with Crippen LogP contribution in [-0.4, -0.2) is 28.7 Å². The van der Waals surface area contributed by atoms with E-state index in [2.05, 4.69) is 10.3 Å². The number of carbonyl (C=O) groups excluding carboxylic acids is 3. The van der Waals surface area contributed by atoms with Crippen LogP contribution in [0.2, 0.25) is 0 Å². The van der Waals surface area contributed by atoms with E-state index in [1.54, 1.807) is 43.3 Å². The third-order valence-electron chi connectivity index (χ3n) is 4.25. The number of ketones is 1. The minimum atomic E-state index is -1.01. The van der Waals surface area contributed by atoms with Crippen LogP contribution in [0.25, 0.3) is 10.9 Å². The van der Waals surface area contributed by atoms with E-state index >= 15 is 0 Å². The van der Waals surface area contributed by atoms with Crippen molar-refractivity contribution in [2.45, 2.75) is 26.9 Å². The van der Waals surface area contributed by atoms with Crippen LogP contribution in [0.5, 0.6) is 0 Å². The zero-order valence-electron chi connectivity index (χ0n) is 15.9. The number of ether oxygens (including phenoxy) is 1. The highest BCUT2D eigenvalue weighted by Crippen LogP contribution is 2.20. The summed E-state index contributed by atoms with van der Waals surface area (Å²) in [5.74, 6) is -1.18. The summed E-state index contributed by atoms with van der Waals surface area (Å²) >= 11 is 0. The van der Waals surface area contributed by atoms with Crippen molar-refractivity contribution in [3.63, 3.8) is 0 Å². The number of anilines is 1. The third-order valence-corrected chi connectivity index (χ3v) is 4.25. The van der Waals surface area contributed by atoms with Gasteiger partial charge < -0.3 is 10.1 Å². The number of aromatic nitrogens is 1. The van der Waals surface area contributed by atoms with Crippen molar-refractivity contribution in [2.75, 3.05) is 5.32 Å². The molecule has 0 saturated heterocycles. The van der Waals surface area contributed by atoms with E-state index in [1.807, 2.05) is 18.2 Å². The minimum Gasteiger partial charge on any atom is -0.449 e. The first-order valence-corrected chi connectivity index (χ1v) is 8.84. The van der Waals surface area contributed by atoms with Crippen LogP contribution in [-0.2, 0) is 9.53 Å². The van der Waals surface area contributed by atoms with Gasteiger partial charge in [0.15, 0.2) is 11.9 Å². The summed E-state index contributed by atoms with van der Waals surface area (Å²) in [5, 5.41) is 3.33. The molecule has 3 rings (SSSR count). The van der Waals surface area contributed by atoms with Crippen LogP contribution < -0.4 is 5.32 Å². The second-order valence-electron chi connectivity index (χ2n) is 6.50. The van der Waals surface area contributed by atoms with Crippen LogP contribution in [0.1, 0.15) is 40.3 Å². The fourth-order valence-electron chi connectivity index (χ4n) is 2.81. The molecule has 6 nitrogen and oxygen atoms in total. The standard InChI is InChI=1S/C22H20N2O4/c1-13-11-19(18-9-4-5-10-20(18)23-13)22(27)28-15(3)21(26)24-17-8-6-7-16(12-17)14(2)25/h4-12,15H,1-3H3,(H,24,26)/t15-/m0/s1. The molecule has 0 aliphatic carbocycles. The SMILES string of the molecule is CC(=O)c1cccc(NC(=O)[C@H](C)OC(=O)c2cc(C)nc3ccccc23)c1. The van der Waals surface area contributed by atoms with Gasteiger partial charge in [0.25, 0.3) is 5.91 Å². The van der Waals surface area contributed by atoms with Gasteiger partial charge in [-0.05, 0) is 45.0 Å². The molecule has 1 N–H and O–H groups in total. The van der Waals surface area contributed by atoms with Crippen molar-refractivity contribution < 1.29 is 19.1 Å². The molecule has 1 aromatic heterocycles. The molecular formula is C22H20N2O4. The number of hydrogen-bond acceptors (Lipinski definition) is 5. The Morgan fingerprint density at radius 1 is 1.04 bits per heavy atom. The molecule has 0 radical (unpaired) electrons. The molecule has 0 unspecified atom stereocenters. The van der Waals surface area contributed by atoms with Gasteiger partial charge in [0.2, 0.25) is 0 Å². The summed E-state index contributed by atoms with van der Waals surface area (Å²) in [5.41, 5.74) is 2.68. The molecule has 0 bridgehead atoms. The maximum atomic E-state index is 12.6. The van der Waals surface area contributed by atoms with E-state index in [0.717, 1.165) is 0 Å². The van der Waals surface area contributed by atoms with Gasteiger partial charge in [0.1, 0.15) is 0 Å². The molecule has 1 atom stereocenters. The molecule has 1 heterocycles. The van der Waals surface area contributed by atoms with Crippen molar-refractivity contribution in [3.8, 4) is 0 Å². The highest BCUT2D eigenvalue weighted by molar-refractivity contribution is 6.05. The number of fused-ring (bicyclic) bond motifs is 1. The van der Waals surface area contributed by atoms with Crippen LogP contribution in [0, 0.1) is 6.92 Å². The third kappa shape index (κ3) is 4.23. The predicted molar refractivity (Wildman–Crippen MR) is 106 cm³/mol. The van der Waals surface area contributed by atoms with Crippen LogP contribution in [0.3, 0.4) is 0 Å². The Kier molecular flexibility index (Phi) is 5.49. The van der Waals surface area contributed by atoms with E-state index in [0.29, 0.717) is 33.4 Å². The topological polar surface area (TPSA) is 85.4 Å². The molecule has 6 heteroatoms. The van der Waals surface area contributed by atoms with Crippen LogP contribution in [0.4, 0.5) is 5.69 Å². The number of hydrogen-bond donors (Lipinski definition) is 1. The number of nitrogens with zero attached hydrogens (tertiary/aromatic N) is 1. The van der Waals surface area contributed by atoms with Crippen molar-refractivity contribution in [1.82, 2.24) is 4.98 Å². The molecule has 2 aromatic carbocycles. The van der Waals surface area contributed by atoms with Crippen molar-refractivity contribution in [2.24, 2.45) is 0 Å². The minimum absolute atomic E-state index is 0.101. The van der Waals surface area contributed by atoms with Gasteiger partial charge >= 0.3 is 5.97 Å². The number of carbonyl (C=O) groups is 3. The summed E-state index contributed by atoms with van der Waals surface area (Å²) in [6, 6.07) is 15.5. The number of esters is 1. The Bertz CT molecular complexity index is 1080. The lowest BCUT2D eigenvalue weighted by Gasteiger charge is -2.15. The molecule has 0 spiro atoms. The molecule has 3 aromatic rings. The fourth-order valence-corrected chi connectivity index (χ4v) is 2.81. The summed E-state index contributed by atoms with van der Waals surface area (Å²) in [6.07, 6.45) is -1.01. The highest BCUT2D eigenvalue weighted by atomic mass is 16.5. The Balaban J connectivity index is 1.75. The average molecular weight is 376 g/mol. The van der Waals surface area contributed by atoms with E-state index in [-0.39, 0.29) is 5.78 Å². The second-order valence-corrected chi connectivity index (χ2v) is 6.50. The van der Waals surface area contributed by atoms with E-state index in [1.165, 1.54) is 13.8 Å². The van der Waals surface area contributed by atoms with Gasteiger partial charge in [-0.1, -0.05) is 30.3 Å². The summed E-state index contributed by atoms with van der Waals surface area (Å²) in [4.78, 5) is 40.9. The number of Topliss-reactive ketones (excluding diaryl/α,β-unsaturated/α-hetero) is 1. The normalized spacial score (nSPS) is 11.7. The lowest BCUT2D eigenvalue weighted by Crippen LogP contribution is -2.30. The molecule has 0 saturated carbocycles. The molecule has 0 aliphatic heterocycles. The summed E-state index contributed by atoms with van der Waals surface area (Å²) < 4.78 is 5.37. The van der Waals surface area contributed by atoms with E-state index in [9.17, 15) is 14.4 Å². The smallest absolute Gasteiger partial charge is 0.339 e.